The van der Waals surface area contributed by atoms with E-state index in [-0.39, 0.29) is 29.3 Å². The normalized spacial score (nSPS) is 11.7. The zero-order valence-electron chi connectivity index (χ0n) is 14.9. The van der Waals surface area contributed by atoms with Crippen molar-refractivity contribution in [3.8, 4) is 5.75 Å². The number of fused-ring (bicyclic) bond motifs is 1. The maximum atomic E-state index is 13.3. The first kappa shape index (κ1) is 20.9. The monoisotopic (exact) mass is 432 g/mol. The Morgan fingerprint density at radius 1 is 1.17 bits per heavy atom. The molecule has 0 atom stereocenters. The van der Waals surface area contributed by atoms with Crippen molar-refractivity contribution in [2.75, 3.05) is 6.54 Å². The lowest BCUT2D eigenvalue weighted by Crippen LogP contribution is -2.26. The van der Waals surface area contributed by atoms with Gasteiger partial charge in [-0.1, -0.05) is 11.6 Å². The molecular weight excluding hydrogens is 419 g/mol. The van der Waals surface area contributed by atoms with Crippen LogP contribution in [0.2, 0.25) is 5.02 Å². The average molecular weight is 433 g/mol. The lowest BCUT2D eigenvalue weighted by Gasteiger charge is -2.10. The molecule has 154 valence electrons. The molecule has 2 N–H and O–H groups in total. The fraction of sp³-hybridized carbons (Fsp3) is 0.211. The van der Waals surface area contributed by atoms with E-state index in [0.29, 0.717) is 34.3 Å². The minimum absolute atomic E-state index is 0.0896. The van der Waals surface area contributed by atoms with Gasteiger partial charge in [0.25, 0.3) is 5.91 Å². The van der Waals surface area contributed by atoms with Crippen LogP contribution in [-0.2, 0) is 6.42 Å². The highest BCUT2D eigenvalue weighted by Gasteiger charge is 2.31. The Morgan fingerprint density at radius 2 is 1.86 bits per heavy atom. The maximum absolute atomic E-state index is 13.3. The number of amides is 1. The summed E-state index contributed by atoms with van der Waals surface area (Å²) in [5.41, 5.74) is 1.79. The topological polar surface area (TPSA) is 54.1 Å². The van der Waals surface area contributed by atoms with Gasteiger partial charge in [0, 0.05) is 23.1 Å². The third kappa shape index (κ3) is 4.79. The lowest BCUT2D eigenvalue weighted by molar-refractivity contribution is -0.274. The summed E-state index contributed by atoms with van der Waals surface area (Å²) in [6.45, 7) is 1.83. The average Bonchev–Trinajstić information content (AvgIpc) is 2.92. The summed E-state index contributed by atoms with van der Waals surface area (Å²) in [5.74, 6) is -3.43. The van der Waals surface area contributed by atoms with Crippen LogP contribution in [0.1, 0.15) is 21.6 Å². The van der Waals surface area contributed by atoms with E-state index < -0.39 is 23.9 Å². The molecule has 3 rings (SSSR count). The molecule has 1 aromatic heterocycles. The van der Waals surface area contributed by atoms with E-state index in [0.717, 1.165) is 0 Å². The number of benzene rings is 2. The molecule has 0 spiro atoms. The molecule has 3 aromatic rings. The Bertz CT molecular complexity index is 1080. The van der Waals surface area contributed by atoms with Crippen LogP contribution in [0.15, 0.2) is 30.3 Å². The van der Waals surface area contributed by atoms with Gasteiger partial charge in [0.1, 0.15) is 5.75 Å². The van der Waals surface area contributed by atoms with Gasteiger partial charge in [0.2, 0.25) is 0 Å². The van der Waals surface area contributed by atoms with Gasteiger partial charge in [-0.3, -0.25) is 4.79 Å². The second-order valence-corrected chi connectivity index (χ2v) is 6.64. The zero-order chi connectivity index (χ0) is 21.3. The SMILES string of the molecule is Cc1[nH]c2ccc(OC(F)(F)F)cc2c1CCNC(=O)c1cc(F)c(F)cc1Cl. The molecule has 0 bridgehead atoms. The molecule has 1 amide bonds. The summed E-state index contributed by atoms with van der Waals surface area (Å²) in [4.78, 5) is 15.2. The van der Waals surface area contributed by atoms with Crippen molar-refractivity contribution in [2.24, 2.45) is 0 Å². The number of aromatic amines is 1. The van der Waals surface area contributed by atoms with Crippen LogP contribution in [0, 0.1) is 18.6 Å². The van der Waals surface area contributed by atoms with Crippen LogP contribution in [0.3, 0.4) is 0 Å². The number of hydrogen-bond donors (Lipinski definition) is 2. The summed E-state index contributed by atoms with van der Waals surface area (Å²) in [5, 5.41) is 2.81. The van der Waals surface area contributed by atoms with Crippen LogP contribution >= 0.6 is 11.6 Å². The van der Waals surface area contributed by atoms with Crippen LogP contribution in [-0.4, -0.2) is 23.8 Å². The van der Waals surface area contributed by atoms with E-state index in [9.17, 15) is 26.7 Å². The summed E-state index contributed by atoms with van der Waals surface area (Å²) in [6, 6.07) is 5.33. The van der Waals surface area contributed by atoms with Gasteiger partial charge >= 0.3 is 6.36 Å². The molecule has 2 aromatic carbocycles. The van der Waals surface area contributed by atoms with Gasteiger partial charge in [-0.2, -0.15) is 0 Å². The summed E-state index contributed by atoms with van der Waals surface area (Å²) >= 11 is 5.77. The molecule has 0 saturated carbocycles. The Morgan fingerprint density at radius 3 is 2.55 bits per heavy atom. The Kier molecular flexibility index (Phi) is 5.70. The van der Waals surface area contributed by atoms with Crippen LogP contribution in [0.4, 0.5) is 22.0 Å². The Balaban J connectivity index is 1.75. The largest absolute Gasteiger partial charge is 0.573 e. The quantitative estimate of drug-likeness (QED) is 0.426. The molecule has 0 aliphatic heterocycles. The van der Waals surface area contributed by atoms with Crippen LogP contribution < -0.4 is 10.1 Å². The van der Waals surface area contributed by atoms with Gasteiger partial charge in [-0.15, -0.1) is 13.2 Å². The predicted molar refractivity (Wildman–Crippen MR) is 97.1 cm³/mol. The van der Waals surface area contributed by atoms with E-state index in [4.69, 9.17) is 11.6 Å². The first-order valence-electron chi connectivity index (χ1n) is 8.35. The molecule has 10 heteroatoms. The van der Waals surface area contributed by atoms with Crippen molar-refractivity contribution in [1.29, 1.82) is 0 Å². The third-order valence-electron chi connectivity index (χ3n) is 4.24. The van der Waals surface area contributed by atoms with E-state index in [1.54, 1.807) is 6.92 Å². The number of alkyl halides is 3. The van der Waals surface area contributed by atoms with Crippen molar-refractivity contribution >= 4 is 28.4 Å². The minimum Gasteiger partial charge on any atom is -0.406 e. The summed E-state index contributed by atoms with van der Waals surface area (Å²) in [7, 11) is 0. The first-order valence-corrected chi connectivity index (χ1v) is 8.72. The van der Waals surface area contributed by atoms with Gasteiger partial charge < -0.3 is 15.0 Å². The highest BCUT2D eigenvalue weighted by atomic mass is 35.5. The fourth-order valence-electron chi connectivity index (χ4n) is 2.97. The molecule has 1 heterocycles. The molecule has 4 nitrogen and oxygen atoms in total. The number of rotatable bonds is 5. The fourth-order valence-corrected chi connectivity index (χ4v) is 3.21. The Labute approximate surface area is 166 Å². The number of carbonyl (C=O) groups excluding carboxylic acids is 1. The van der Waals surface area contributed by atoms with Crippen LogP contribution in [0.5, 0.6) is 5.75 Å². The maximum Gasteiger partial charge on any atom is 0.573 e. The number of nitrogens with one attached hydrogen (secondary N) is 2. The highest BCUT2D eigenvalue weighted by Crippen LogP contribution is 2.30. The van der Waals surface area contributed by atoms with Crippen LogP contribution in [0.25, 0.3) is 10.9 Å². The molecule has 0 fully saturated rings. The van der Waals surface area contributed by atoms with Gasteiger partial charge in [0.05, 0.1) is 10.6 Å². The lowest BCUT2D eigenvalue weighted by atomic mass is 10.1. The zero-order valence-corrected chi connectivity index (χ0v) is 15.6. The summed E-state index contributed by atoms with van der Waals surface area (Å²) in [6.07, 6.45) is -4.54. The number of ether oxygens (including phenoxy) is 1. The van der Waals surface area contributed by atoms with Crippen molar-refractivity contribution in [3.05, 3.63) is 63.8 Å². The smallest absolute Gasteiger partial charge is 0.406 e. The highest BCUT2D eigenvalue weighted by molar-refractivity contribution is 6.33. The Hall–Kier alpha value is -2.81. The van der Waals surface area contributed by atoms with E-state index in [1.165, 1.54) is 18.2 Å². The molecule has 29 heavy (non-hydrogen) atoms. The van der Waals surface area contributed by atoms with E-state index in [1.807, 2.05) is 0 Å². The molecule has 0 aliphatic carbocycles. The number of carbonyl (C=O) groups is 1. The standard InChI is InChI=1S/C19H14ClF5N2O2/c1-9-11(12-6-10(29-19(23,24)25)2-3-17(12)27-9)4-5-26-18(28)13-7-15(21)16(22)8-14(13)20/h2-3,6-8,27H,4-5H2,1H3,(H,26,28). The van der Waals surface area contributed by atoms with Crippen molar-refractivity contribution < 1.29 is 31.5 Å². The number of aryl methyl sites for hydroxylation is 1. The number of H-pyrrole nitrogens is 1. The third-order valence-corrected chi connectivity index (χ3v) is 4.55. The second kappa shape index (κ2) is 7.90. The number of hydrogen-bond acceptors (Lipinski definition) is 2. The predicted octanol–water partition coefficient (Wildman–Crippen LogP) is 5.28. The van der Waals surface area contributed by atoms with E-state index >= 15 is 0 Å². The summed E-state index contributed by atoms with van der Waals surface area (Å²) < 4.78 is 67.7. The van der Waals surface area contributed by atoms with Crippen molar-refractivity contribution in [2.45, 2.75) is 19.7 Å². The number of halogens is 6. The van der Waals surface area contributed by atoms with Crippen molar-refractivity contribution in [3.63, 3.8) is 0 Å². The van der Waals surface area contributed by atoms with Gasteiger partial charge in [-0.25, -0.2) is 8.78 Å². The van der Waals surface area contributed by atoms with Gasteiger partial charge in [-0.05, 0) is 49.2 Å². The molecular formula is C19H14ClF5N2O2. The number of aromatic nitrogens is 1. The molecule has 0 aliphatic rings. The minimum atomic E-state index is -4.81. The van der Waals surface area contributed by atoms with Gasteiger partial charge in [0.15, 0.2) is 11.6 Å². The molecule has 0 radical (unpaired) electrons. The van der Waals surface area contributed by atoms with E-state index in [2.05, 4.69) is 15.0 Å². The van der Waals surface area contributed by atoms with Crippen molar-refractivity contribution in [1.82, 2.24) is 10.3 Å². The molecule has 0 unspecified atom stereocenters. The second-order valence-electron chi connectivity index (χ2n) is 6.24. The first-order chi connectivity index (χ1) is 13.5. The molecule has 0 saturated heterocycles.